The van der Waals surface area contributed by atoms with Gasteiger partial charge in [-0.2, -0.15) is 0 Å². The molecule has 3 rings (SSSR count). The van der Waals surface area contributed by atoms with Gasteiger partial charge >= 0.3 is 6.03 Å². The van der Waals surface area contributed by atoms with Crippen molar-refractivity contribution in [3.63, 3.8) is 0 Å². The third kappa shape index (κ3) is 3.67. The molecular formula is C19H25N3O3. The zero-order chi connectivity index (χ0) is 18.0. The average Bonchev–Trinajstić information content (AvgIpc) is 2.89. The number of amides is 4. The Morgan fingerprint density at radius 3 is 2.36 bits per heavy atom. The summed E-state index contributed by atoms with van der Waals surface area (Å²) >= 11 is 0. The maximum absolute atomic E-state index is 12.7. The maximum atomic E-state index is 12.7. The first-order valence-electron chi connectivity index (χ1n) is 8.93. The number of urea groups is 1. The Bertz CT molecular complexity index is 651. The van der Waals surface area contributed by atoms with E-state index in [2.05, 4.69) is 0 Å². The van der Waals surface area contributed by atoms with Crippen LogP contribution in [0.4, 0.5) is 10.5 Å². The minimum Gasteiger partial charge on any atom is -0.343 e. The zero-order valence-electron chi connectivity index (χ0n) is 14.9. The fourth-order valence-electron chi connectivity index (χ4n) is 3.54. The number of anilines is 1. The van der Waals surface area contributed by atoms with E-state index in [0.29, 0.717) is 31.1 Å². The molecule has 0 atom stereocenters. The van der Waals surface area contributed by atoms with Gasteiger partial charge < -0.3 is 9.80 Å². The third-order valence-electron chi connectivity index (χ3n) is 4.85. The first-order valence-corrected chi connectivity index (χ1v) is 8.93. The van der Waals surface area contributed by atoms with Gasteiger partial charge in [-0.05, 0) is 30.9 Å². The van der Waals surface area contributed by atoms with Gasteiger partial charge in [0.25, 0.3) is 5.91 Å². The summed E-state index contributed by atoms with van der Waals surface area (Å²) in [5, 5.41) is 0. The number of imide groups is 1. The second-order valence-electron chi connectivity index (χ2n) is 7.19. The predicted molar refractivity (Wildman–Crippen MR) is 95.1 cm³/mol. The Morgan fingerprint density at radius 2 is 1.76 bits per heavy atom. The lowest BCUT2D eigenvalue weighted by Crippen LogP contribution is -2.48. The van der Waals surface area contributed by atoms with Crippen molar-refractivity contribution in [1.82, 2.24) is 9.80 Å². The summed E-state index contributed by atoms with van der Waals surface area (Å²) in [5.74, 6) is 0.347. The Kier molecular flexibility index (Phi) is 5.06. The summed E-state index contributed by atoms with van der Waals surface area (Å²) in [6, 6.07) is 8.81. The van der Waals surface area contributed by atoms with E-state index in [4.69, 9.17) is 0 Å². The highest BCUT2D eigenvalue weighted by atomic mass is 16.2. The molecule has 2 aliphatic heterocycles. The van der Waals surface area contributed by atoms with E-state index in [1.165, 1.54) is 4.90 Å². The van der Waals surface area contributed by atoms with Gasteiger partial charge in [0.1, 0.15) is 6.54 Å². The van der Waals surface area contributed by atoms with Crippen molar-refractivity contribution in [3.8, 4) is 0 Å². The number of rotatable bonds is 4. The highest BCUT2D eigenvalue weighted by Crippen LogP contribution is 2.26. The molecule has 0 radical (unpaired) electrons. The van der Waals surface area contributed by atoms with E-state index in [-0.39, 0.29) is 30.4 Å². The minimum absolute atomic E-state index is 0.0215. The molecule has 2 saturated heterocycles. The van der Waals surface area contributed by atoms with Crippen LogP contribution in [0.3, 0.4) is 0 Å². The number of benzene rings is 1. The molecule has 6 heteroatoms. The van der Waals surface area contributed by atoms with Crippen LogP contribution in [-0.4, -0.2) is 53.3 Å². The van der Waals surface area contributed by atoms with E-state index < -0.39 is 0 Å². The van der Waals surface area contributed by atoms with Crippen LogP contribution in [0, 0.1) is 5.92 Å². The van der Waals surface area contributed by atoms with Crippen molar-refractivity contribution in [2.45, 2.75) is 39.2 Å². The summed E-state index contributed by atoms with van der Waals surface area (Å²) in [5.41, 5.74) is 0.615. The van der Waals surface area contributed by atoms with Crippen molar-refractivity contribution in [2.75, 3.05) is 24.5 Å². The molecule has 0 N–H and O–H groups in total. The van der Waals surface area contributed by atoms with Crippen molar-refractivity contribution >= 4 is 23.5 Å². The highest BCUT2D eigenvalue weighted by Gasteiger charge is 2.41. The van der Waals surface area contributed by atoms with E-state index in [9.17, 15) is 14.4 Å². The number of piperidine rings is 1. The van der Waals surface area contributed by atoms with Gasteiger partial charge in [-0.15, -0.1) is 0 Å². The molecule has 2 fully saturated rings. The van der Waals surface area contributed by atoms with Gasteiger partial charge in [0, 0.05) is 25.6 Å². The van der Waals surface area contributed by atoms with Crippen molar-refractivity contribution in [1.29, 1.82) is 0 Å². The molecule has 0 saturated carbocycles. The maximum Gasteiger partial charge on any atom is 0.332 e. The number of carbonyl (C=O) groups is 3. The van der Waals surface area contributed by atoms with Gasteiger partial charge in [0.15, 0.2) is 0 Å². The van der Waals surface area contributed by atoms with Crippen molar-refractivity contribution < 1.29 is 14.4 Å². The molecule has 0 unspecified atom stereocenters. The molecule has 2 aliphatic rings. The Balaban J connectivity index is 1.62. The summed E-state index contributed by atoms with van der Waals surface area (Å²) in [6.07, 6.45) is 2.02. The zero-order valence-corrected chi connectivity index (χ0v) is 14.9. The SMILES string of the molecule is CC(C)CC(=O)N1CCC(N2CC(=O)N(c3ccccc3)C2=O)CC1. The van der Waals surface area contributed by atoms with E-state index in [0.717, 1.165) is 12.8 Å². The lowest BCUT2D eigenvalue weighted by molar-refractivity contribution is -0.133. The van der Waals surface area contributed by atoms with Crippen LogP contribution in [0.2, 0.25) is 0 Å². The topological polar surface area (TPSA) is 60.9 Å². The fourth-order valence-corrected chi connectivity index (χ4v) is 3.54. The summed E-state index contributed by atoms with van der Waals surface area (Å²) in [6.45, 7) is 5.51. The number of para-hydroxylation sites is 1. The van der Waals surface area contributed by atoms with Gasteiger partial charge in [0.05, 0.1) is 5.69 Å². The van der Waals surface area contributed by atoms with E-state index in [1.807, 2.05) is 36.9 Å². The molecular weight excluding hydrogens is 318 g/mol. The number of nitrogens with zero attached hydrogens (tertiary/aromatic N) is 3. The van der Waals surface area contributed by atoms with Crippen LogP contribution in [-0.2, 0) is 9.59 Å². The van der Waals surface area contributed by atoms with Crippen LogP contribution in [0.1, 0.15) is 33.1 Å². The molecule has 2 heterocycles. The van der Waals surface area contributed by atoms with E-state index in [1.54, 1.807) is 17.0 Å². The standard InChI is InChI=1S/C19H25N3O3/c1-14(2)12-17(23)20-10-8-15(9-11-20)21-13-18(24)22(19(21)25)16-6-4-3-5-7-16/h3-7,14-15H,8-13H2,1-2H3. The summed E-state index contributed by atoms with van der Waals surface area (Å²) in [4.78, 5) is 42.0. The fraction of sp³-hybridized carbons (Fsp3) is 0.526. The number of likely N-dealkylation sites (tertiary alicyclic amines) is 1. The van der Waals surface area contributed by atoms with Crippen molar-refractivity contribution in [2.24, 2.45) is 5.92 Å². The third-order valence-corrected chi connectivity index (χ3v) is 4.85. The average molecular weight is 343 g/mol. The van der Waals surface area contributed by atoms with Crippen molar-refractivity contribution in [3.05, 3.63) is 30.3 Å². The summed E-state index contributed by atoms with van der Waals surface area (Å²) < 4.78 is 0. The largest absolute Gasteiger partial charge is 0.343 e. The molecule has 134 valence electrons. The lowest BCUT2D eigenvalue weighted by Gasteiger charge is -2.36. The number of hydrogen-bond donors (Lipinski definition) is 0. The molecule has 4 amide bonds. The smallest absolute Gasteiger partial charge is 0.332 e. The normalized spacial score (nSPS) is 19.2. The molecule has 0 bridgehead atoms. The van der Waals surface area contributed by atoms with E-state index >= 15 is 0 Å². The predicted octanol–water partition coefficient (Wildman–Crippen LogP) is 2.49. The second-order valence-corrected chi connectivity index (χ2v) is 7.19. The Hall–Kier alpha value is -2.37. The lowest BCUT2D eigenvalue weighted by atomic mass is 10.0. The summed E-state index contributed by atoms with van der Waals surface area (Å²) in [7, 11) is 0. The first kappa shape index (κ1) is 17.5. The Labute approximate surface area is 148 Å². The van der Waals surface area contributed by atoms with Crippen LogP contribution in [0.15, 0.2) is 30.3 Å². The second kappa shape index (κ2) is 7.25. The molecule has 1 aromatic rings. The van der Waals surface area contributed by atoms with Gasteiger partial charge in [-0.1, -0.05) is 32.0 Å². The monoisotopic (exact) mass is 343 g/mol. The molecule has 0 spiro atoms. The van der Waals surface area contributed by atoms with Crippen LogP contribution >= 0.6 is 0 Å². The number of carbonyl (C=O) groups excluding carboxylic acids is 3. The molecule has 25 heavy (non-hydrogen) atoms. The molecule has 0 aromatic heterocycles. The molecule has 1 aromatic carbocycles. The van der Waals surface area contributed by atoms with Crippen LogP contribution < -0.4 is 4.90 Å². The van der Waals surface area contributed by atoms with Crippen LogP contribution in [0.25, 0.3) is 0 Å². The Morgan fingerprint density at radius 1 is 1.12 bits per heavy atom. The minimum atomic E-state index is -0.247. The van der Waals surface area contributed by atoms with Gasteiger partial charge in [-0.25, -0.2) is 9.69 Å². The van der Waals surface area contributed by atoms with Crippen LogP contribution in [0.5, 0.6) is 0 Å². The quantitative estimate of drug-likeness (QED) is 0.789. The highest BCUT2D eigenvalue weighted by molar-refractivity contribution is 6.19. The first-order chi connectivity index (χ1) is 12.0. The van der Waals surface area contributed by atoms with Gasteiger partial charge in [0.2, 0.25) is 5.91 Å². The molecule has 0 aliphatic carbocycles. The molecule has 6 nitrogen and oxygen atoms in total. The van der Waals surface area contributed by atoms with Gasteiger partial charge in [-0.3, -0.25) is 9.59 Å². The number of hydrogen-bond acceptors (Lipinski definition) is 3.